The third-order valence-corrected chi connectivity index (χ3v) is 1.88. The number of methoxy groups -OCH3 is 1. The van der Waals surface area contributed by atoms with Crippen LogP contribution in [-0.4, -0.2) is 7.11 Å². The molecule has 0 amide bonds. The lowest BCUT2D eigenvalue weighted by atomic mass is 10.1. The first-order chi connectivity index (χ1) is 6.24. The van der Waals surface area contributed by atoms with Crippen molar-refractivity contribution in [2.45, 2.75) is 13.8 Å². The molecule has 0 radical (unpaired) electrons. The van der Waals surface area contributed by atoms with E-state index in [1.165, 1.54) is 5.56 Å². The minimum atomic E-state index is 0.807. The van der Waals surface area contributed by atoms with Gasteiger partial charge in [-0.05, 0) is 12.5 Å². The van der Waals surface area contributed by atoms with Gasteiger partial charge in [-0.15, -0.1) is 0 Å². The van der Waals surface area contributed by atoms with Gasteiger partial charge in [0.05, 0.1) is 7.11 Å². The zero-order valence-electron chi connectivity index (χ0n) is 8.29. The average molecular weight is 174 g/mol. The summed E-state index contributed by atoms with van der Waals surface area (Å²) in [6, 6.07) is 10.2. The maximum absolute atomic E-state index is 5.03. The highest BCUT2D eigenvalue weighted by Crippen LogP contribution is 2.11. The van der Waals surface area contributed by atoms with Crippen LogP contribution in [0.25, 0.3) is 5.57 Å². The molecule has 0 aliphatic carbocycles. The van der Waals surface area contributed by atoms with Crippen LogP contribution in [0, 0.1) is 0 Å². The van der Waals surface area contributed by atoms with Gasteiger partial charge in [-0.1, -0.05) is 36.1 Å². The van der Waals surface area contributed by atoms with Crippen molar-refractivity contribution in [1.29, 1.82) is 0 Å². The highest BCUT2D eigenvalue weighted by Gasteiger charge is 1.91. The third-order valence-electron chi connectivity index (χ3n) is 1.88. The van der Waals surface area contributed by atoms with E-state index in [9.17, 15) is 0 Å². The van der Waals surface area contributed by atoms with Gasteiger partial charge >= 0.3 is 0 Å². The summed E-state index contributed by atoms with van der Waals surface area (Å²) in [7, 11) is 1.65. The topological polar surface area (TPSA) is 9.23 Å². The molecule has 1 heteroatoms. The summed E-state index contributed by atoms with van der Waals surface area (Å²) in [5.41, 5.74) is 5.43. The Balaban J connectivity index is 3.05. The molecule has 0 aromatic heterocycles. The molecule has 0 aliphatic rings. The molecule has 68 valence electrons. The lowest BCUT2D eigenvalue weighted by Gasteiger charge is -1.98. The van der Waals surface area contributed by atoms with E-state index in [2.05, 4.69) is 17.9 Å². The number of hydrogen-bond acceptors (Lipinski definition) is 1. The average Bonchev–Trinajstić information content (AvgIpc) is 2.19. The fourth-order valence-electron chi connectivity index (χ4n) is 1.08. The molecule has 0 fully saturated rings. The minimum Gasteiger partial charge on any atom is -0.493 e. The van der Waals surface area contributed by atoms with Gasteiger partial charge in [0, 0.05) is 12.5 Å². The molecule has 0 saturated heterocycles. The van der Waals surface area contributed by atoms with E-state index in [0.717, 1.165) is 11.3 Å². The van der Waals surface area contributed by atoms with Crippen LogP contribution in [0.5, 0.6) is 0 Å². The summed E-state index contributed by atoms with van der Waals surface area (Å²) in [5.74, 6) is 0.807. The minimum absolute atomic E-state index is 0.807. The molecule has 0 saturated carbocycles. The molecule has 13 heavy (non-hydrogen) atoms. The molecular weight excluding hydrogens is 160 g/mol. The first-order valence-corrected chi connectivity index (χ1v) is 4.27. The Morgan fingerprint density at radius 3 is 2.31 bits per heavy atom. The lowest BCUT2D eigenvalue weighted by Crippen LogP contribution is -1.79. The Labute approximate surface area is 79.4 Å². The van der Waals surface area contributed by atoms with Gasteiger partial charge in [0.25, 0.3) is 0 Å². The fraction of sp³-hybridized carbons (Fsp3) is 0.250. The Kier molecular flexibility index (Phi) is 3.36. The Hall–Kier alpha value is -1.46. The van der Waals surface area contributed by atoms with E-state index in [4.69, 9.17) is 4.74 Å². The summed E-state index contributed by atoms with van der Waals surface area (Å²) in [6.45, 7) is 3.92. The van der Waals surface area contributed by atoms with Crippen LogP contribution in [-0.2, 0) is 4.74 Å². The standard InChI is InChI=1S/C12H14O/c1-10(9-11(2)13-3)12-7-5-4-6-8-12/h4-8H,1-3H3. The highest BCUT2D eigenvalue weighted by atomic mass is 16.5. The zero-order valence-corrected chi connectivity index (χ0v) is 8.29. The van der Waals surface area contributed by atoms with Gasteiger partial charge in [0.2, 0.25) is 0 Å². The largest absolute Gasteiger partial charge is 0.493 e. The maximum Gasteiger partial charge on any atom is 0.135 e. The first kappa shape index (κ1) is 9.63. The molecule has 1 nitrogen and oxygen atoms in total. The van der Waals surface area contributed by atoms with Crippen molar-refractivity contribution < 1.29 is 4.74 Å². The lowest BCUT2D eigenvalue weighted by molar-refractivity contribution is 0.295. The van der Waals surface area contributed by atoms with E-state index in [1.807, 2.05) is 32.0 Å². The predicted molar refractivity (Wildman–Crippen MR) is 55.2 cm³/mol. The molecule has 0 spiro atoms. The normalized spacial score (nSPS) is 8.85. The molecule has 0 aliphatic heterocycles. The number of allylic oxidation sites excluding steroid dienone is 1. The second-order valence-electron chi connectivity index (χ2n) is 2.88. The van der Waals surface area contributed by atoms with Crippen molar-refractivity contribution in [2.24, 2.45) is 0 Å². The van der Waals surface area contributed by atoms with Crippen molar-refractivity contribution in [3.8, 4) is 0 Å². The van der Waals surface area contributed by atoms with E-state index in [-0.39, 0.29) is 0 Å². The SMILES string of the molecule is COC(C)=C=C(C)c1ccccc1. The van der Waals surface area contributed by atoms with Crippen LogP contribution in [0.3, 0.4) is 0 Å². The van der Waals surface area contributed by atoms with Crippen LogP contribution >= 0.6 is 0 Å². The van der Waals surface area contributed by atoms with E-state index in [1.54, 1.807) is 7.11 Å². The number of hydrogen-bond donors (Lipinski definition) is 0. The van der Waals surface area contributed by atoms with Crippen molar-refractivity contribution in [3.63, 3.8) is 0 Å². The number of benzene rings is 1. The predicted octanol–water partition coefficient (Wildman–Crippen LogP) is 3.24. The van der Waals surface area contributed by atoms with Crippen molar-refractivity contribution in [3.05, 3.63) is 47.4 Å². The summed E-state index contributed by atoms with van der Waals surface area (Å²) < 4.78 is 5.03. The van der Waals surface area contributed by atoms with E-state index >= 15 is 0 Å². The summed E-state index contributed by atoms with van der Waals surface area (Å²) in [4.78, 5) is 0. The Bertz CT molecular complexity index is 329. The van der Waals surface area contributed by atoms with E-state index in [0.29, 0.717) is 0 Å². The van der Waals surface area contributed by atoms with Gasteiger partial charge in [-0.3, -0.25) is 0 Å². The summed E-state index contributed by atoms with van der Waals surface area (Å²) in [6.07, 6.45) is 0. The molecule has 1 aromatic rings. The van der Waals surface area contributed by atoms with E-state index < -0.39 is 0 Å². The molecule has 0 heterocycles. The zero-order chi connectivity index (χ0) is 9.68. The first-order valence-electron chi connectivity index (χ1n) is 4.27. The van der Waals surface area contributed by atoms with Gasteiger partial charge in [-0.2, -0.15) is 0 Å². The molecule has 0 unspecified atom stereocenters. The molecule has 1 aromatic carbocycles. The van der Waals surface area contributed by atoms with Crippen molar-refractivity contribution >= 4 is 5.57 Å². The molecule has 1 rings (SSSR count). The van der Waals surface area contributed by atoms with Crippen molar-refractivity contribution in [1.82, 2.24) is 0 Å². The van der Waals surface area contributed by atoms with Crippen molar-refractivity contribution in [2.75, 3.05) is 7.11 Å². The monoisotopic (exact) mass is 174 g/mol. The van der Waals surface area contributed by atoms with Gasteiger partial charge in [0.15, 0.2) is 0 Å². The number of rotatable bonds is 2. The van der Waals surface area contributed by atoms with Gasteiger partial charge < -0.3 is 4.74 Å². The van der Waals surface area contributed by atoms with Crippen LogP contribution in [0.4, 0.5) is 0 Å². The fourth-order valence-corrected chi connectivity index (χ4v) is 1.08. The van der Waals surface area contributed by atoms with Crippen LogP contribution < -0.4 is 0 Å². The number of ether oxygens (including phenoxy) is 1. The molecular formula is C12H14O. The van der Waals surface area contributed by atoms with Crippen LogP contribution in [0.2, 0.25) is 0 Å². The highest BCUT2D eigenvalue weighted by molar-refractivity contribution is 5.62. The Morgan fingerprint density at radius 1 is 1.15 bits per heavy atom. The Morgan fingerprint density at radius 2 is 1.77 bits per heavy atom. The molecule has 0 bridgehead atoms. The smallest absolute Gasteiger partial charge is 0.135 e. The van der Waals surface area contributed by atoms with Gasteiger partial charge in [0.1, 0.15) is 5.76 Å². The summed E-state index contributed by atoms with van der Waals surface area (Å²) in [5, 5.41) is 0. The third kappa shape index (κ3) is 2.81. The molecule has 0 atom stereocenters. The quantitative estimate of drug-likeness (QED) is 0.494. The molecule has 0 N–H and O–H groups in total. The van der Waals surface area contributed by atoms with Crippen LogP contribution in [0.1, 0.15) is 19.4 Å². The summed E-state index contributed by atoms with van der Waals surface area (Å²) >= 11 is 0. The van der Waals surface area contributed by atoms with Gasteiger partial charge in [-0.25, -0.2) is 0 Å². The van der Waals surface area contributed by atoms with Crippen LogP contribution in [0.15, 0.2) is 41.8 Å². The second kappa shape index (κ2) is 4.54. The maximum atomic E-state index is 5.03. The second-order valence-corrected chi connectivity index (χ2v) is 2.88.